The Kier molecular flexibility index (Phi) is 4.31. The average molecular weight is 385 g/mol. The molecule has 4 aromatic rings. The third kappa shape index (κ3) is 3.49. The van der Waals surface area contributed by atoms with Gasteiger partial charge in [0.05, 0.1) is 11.1 Å². The van der Waals surface area contributed by atoms with Gasteiger partial charge in [-0.3, -0.25) is 4.98 Å². The molecule has 0 aliphatic heterocycles. The predicted molar refractivity (Wildman–Crippen MR) is 107 cm³/mol. The number of nitrogens with zero attached hydrogens (tertiary/aromatic N) is 3. The third-order valence-corrected chi connectivity index (χ3v) is 5.13. The summed E-state index contributed by atoms with van der Waals surface area (Å²) in [6.07, 6.45) is 2.23. The molecule has 2 heterocycles. The van der Waals surface area contributed by atoms with E-state index in [1.807, 2.05) is 61.5 Å². The van der Waals surface area contributed by atoms with Gasteiger partial charge in [0.1, 0.15) is 0 Å². The molecule has 29 heavy (non-hydrogen) atoms. The van der Waals surface area contributed by atoms with Crippen molar-refractivity contribution < 1.29 is 14.1 Å². The van der Waals surface area contributed by atoms with Crippen LogP contribution in [0.15, 0.2) is 59.1 Å². The minimum atomic E-state index is -0.416. The zero-order valence-corrected chi connectivity index (χ0v) is 16.0. The summed E-state index contributed by atoms with van der Waals surface area (Å²) in [5, 5.41) is 4.79. The summed E-state index contributed by atoms with van der Waals surface area (Å²) in [6, 6.07) is 17.3. The van der Waals surface area contributed by atoms with Gasteiger partial charge in [-0.15, -0.1) is 0 Å². The standard InChI is InChI=1S/C23H19N3O3/c1-14-6-2-3-7-16(14)22-25-21(29-26-22)13-28-23(27)18-12-20(15-10-11-15)24-19-9-5-4-8-17(18)19/h2-9,12,15H,10-11,13H2,1H3. The van der Waals surface area contributed by atoms with Crippen molar-refractivity contribution in [1.82, 2.24) is 15.1 Å². The van der Waals surface area contributed by atoms with Crippen LogP contribution in [-0.2, 0) is 11.3 Å². The van der Waals surface area contributed by atoms with Crippen molar-refractivity contribution in [3.05, 3.63) is 77.3 Å². The largest absolute Gasteiger partial charge is 0.452 e. The molecule has 0 saturated heterocycles. The number of hydrogen-bond acceptors (Lipinski definition) is 6. The average Bonchev–Trinajstić information content (AvgIpc) is 3.50. The predicted octanol–water partition coefficient (Wildman–Crippen LogP) is 4.83. The number of para-hydroxylation sites is 1. The minimum absolute atomic E-state index is 0.0763. The maximum absolute atomic E-state index is 12.8. The maximum atomic E-state index is 12.8. The topological polar surface area (TPSA) is 78.1 Å². The lowest BCUT2D eigenvalue weighted by Crippen LogP contribution is -2.08. The molecule has 1 fully saturated rings. The molecule has 5 rings (SSSR count). The second-order valence-electron chi connectivity index (χ2n) is 7.29. The van der Waals surface area contributed by atoms with Crippen LogP contribution in [0.2, 0.25) is 0 Å². The number of carbonyl (C=O) groups is 1. The van der Waals surface area contributed by atoms with Crippen molar-refractivity contribution in [3.8, 4) is 11.4 Å². The highest BCUT2D eigenvalue weighted by molar-refractivity contribution is 6.03. The second kappa shape index (κ2) is 7.13. The van der Waals surface area contributed by atoms with Crippen LogP contribution in [0.3, 0.4) is 0 Å². The zero-order valence-electron chi connectivity index (χ0n) is 16.0. The van der Waals surface area contributed by atoms with E-state index in [0.29, 0.717) is 17.3 Å². The summed E-state index contributed by atoms with van der Waals surface area (Å²) in [4.78, 5) is 21.9. The Morgan fingerprint density at radius 1 is 1.10 bits per heavy atom. The van der Waals surface area contributed by atoms with Crippen LogP contribution in [0.1, 0.15) is 46.3 Å². The van der Waals surface area contributed by atoms with Gasteiger partial charge in [-0.25, -0.2) is 4.79 Å². The van der Waals surface area contributed by atoms with Crippen molar-refractivity contribution in [2.75, 3.05) is 0 Å². The third-order valence-electron chi connectivity index (χ3n) is 5.13. The molecule has 0 atom stereocenters. The molecule has 1 aliphatic carbocycles. The Labute approximate surface area is 167 Å². The van der Waals surface area contributed by atoms with Crippen molar-refractivity contribution in [2.24, 2.45) is 0 Å². The van der Waals surface area contributed by atoms with E-state index in [-0.39, 0.29) is 12.5 Å². The number of esters is 1. The summed E-state index contributed by atoms with van der Waals surface area (Å²) in [5.74, 6) is 0.775. The number of fused-ring (bicyclic) bond motifs is 1. The summed E-state index contributed by atoms with van der Waals surface area (Å²) in [7, 11) is 0. The lowest BCUT2D eigenvalue weighted by molar-refractivity contribution is 0.0432. The SMILES string of the molecule is Cc1ccccc1-c1noc(COC(=O)c2cc(C3CC3)nc3ccccc23)n1. The van der Waals surface area contributed by atoms with Gasteiger partial charge in [-0.2, -0.15) is 4.98 Å². The van der Waals surface area contributed by atoms with Crippen LogP contribution >= 0.6 is 0 Å². The number of carbonyl (C=O) groups excluding carboxylic acids is 1. The quantitative estimate of drug-likeness (QED) is 0.458. The van der Waals surface area contributed by atoms with E-state index in [1.54, 1.807) is 0 Å². The van der Waals surface area contributed by atoms with Crippen LogP contribution < -0.4 is 0 Å². The molecule has 2 aromatic heterocycles. The summed E-state index contributed by atoms with van der Waals surface area (Å²) in [5.41, 5.74) is 4.23. The molecular weight excluding hydrogens is 366 g/mol. The molecule has 1 saturated carbocycles. The number of aromatic nitrogens is 3. The monoisotopic (exact) mass is 385 g/mol. The van der Waals surface area contributed by atoms with E-state index in [0.717, 1.165) is 40.6 Å². The first-order valence-electron chi connectivity index (χ1n) is 9.64. The minimum Gasteiger partial charge on any atom is -0.452 e. The molecule has 144 valence electrons. The fourth-order valence-corrected chi connectivity index (χ4v) is 3.40. The van der Waals surface area contributed by atoms with Crippen molar-refractivity contribution in [2.45, 2.75) is 32.3 Å². The highest BCUT2D eigenvalue weighted by Gasteiger charge is 2.27. The zero-order chi connectivity index (χ0) is 19.8. The van der Waals surface area contributed by atoms with Crippen LogP contribution in [0.5, 0.6) is 0 Å². The Hall–Kier alpha value is -3.54. The van der Waals surface area contributed by atoms with Gasteiger partial charge in [0.2, 0.25) is 5.82 Å². The molecule has 0 spiro atoms. The van der Waals surface area contributed by atoms with Gasteiger partial charge < -0.3 is 9.26 Å². The van der Waals surface area contributed by atoms with E-state index >= 15 is 0 Å². The molecule has 0 unspecified atom stereocenters. The lowest BCUT2D eigenvalue weighted by atomic mass is 10.1. The molecule has 6 nitrogen and oxygen atoms in total. The summed E-state index contributed by atoms with van der Waals surface area (Å²) in [6.45, 7) is 1.91. The fourth-order valence-electron chi connectivity index (χ4n) is 3.40. The van der Waals surface area contributed by atoms with Gasteiger partial charge in [0.15, 0.2) is 6.61 Å². The molecule has 6 heteroatoms. The number of aryl methyl sites for hydroxylation is 1. The molecule has 0 amide bonds. The normalized spacial score (nSPS) is 13.6. The van der Waals surface area contributed by atoms with Crippen LogP contribution in [0, 0.1) is 6.92 Å². The Bertz CT molecular complexity index is 1210. The van der Waals surface area contributed by atoms with E-state index in [4.69, 9.17) is 14.2 Å². The van der Waals surface area contributed by atoms with Gasteiger partial charge in [0, 0.05) is 22.6 Å². The highest BCUT2D eigenvalue weighted by Crippen LogP contribution is 2.40. The maximum Gasteiger partial charge on any atom is 0.339 e. The number of pyridine rings is 1. The van der Waals surface area contributed by atoms with E-state index < -0.39 is 5.97 Å². The van der Waals surface area contributed by atoms with Crippen LogP contribution in [-0.4, -0.2) is 21.1 Å². The first-order chi connectivity index (χ1) is 14.2. The van der Waals surface area contributed by atoms with E-state index in [1.165, 1.54) is 0 Å². The number of hydrogen-bond donors (Lipinski definition) is 0. The lowest BCUT2D eigenvalue weighted by Gasteiger charge is -2.08. The van der Waals surface area contributed by atoms with Gasteiger partial charge in [-0.05, 0) is 37.5 Å². The number of benzene rings is 2. The fraction of sp³-hybridized carbons (Fsp3) is 0.217. The smallest absolute Gasteiger partial charge is 0.339 e. The first-order valence-corrected chi connectivity index (χ1v) is 9.64. The highest BCUT2D eigenvalue weighted by atomic mass is 16.6. The number of ether oxygens (including phenoxy) is 1. The molecule has 0 bridgehead atoms. The number of rotatable bonds is 5. The summed E-state index contributed by atoms with van der Waals surface area (Å²) < 4.78 is 10.8. The van der Waals surface area contributed by atoms with Crippen LogP contribution in [0.25, 0.3) is 22.3 Å². The Morgan fingerprint density at radius 2 is 1.90 bits per heavy atom. The van der Waals surface area contributed by atoms with Crippen molar-refractivity contribution >= 4 is 16.9 Å². The van der Waals surface area contributed by atoms with Gasteiger partial charge in [0.25, 0.3) is 5.89 Å². The molecular formula is C23H19N3O3. The first kappa shape index (κ1) is 17.6. The van der Waals surface area contributed by atoms with Gasteiger partial charge >= 0.3 is 5.97 Å². The summed E-state index contributed by atoms with van der Waals surface area (Å²) >= 11 is 0. The van der Waals surface area contributed by atoms with E-state index in [2.05, 4.69) is 10.1 Å². The molecule has 2 aromatic carbocycles. The second-order valence-corrected chi connectivity index (χ2v) is 7.29. The molecule has 0 N–H and O–H groups in total. The Morgan fingerprint density at radius 3 is 2.72 bits per heavy atom. The van der Waals surface area contributed by atoms with Crippen LogP contribution in [0.4, 0.5) is 0 Å². The van der Waals surface area contributed by atoms with Crippen molar-refractivity contribution in [3.63, 3.8) is 0 Å². The van der Waals surface area contributed by atoms with E-state index in [9.17, 15) is 4.79 Å². The molecule has 0 radical (unpaired) electrons. The van der Waals surface area contributed by atoms with Crippen molar-refractivity contribution in [1.29, 1.82) is 0 Å². The molecule has 1 aliphatic rings. The Balaban J connectivity index is 1.37. The van der Waals surface area contributed by atoms with Gasteiger partial charge in [-0.1, -0.05) is 47.6 Å².